The fourth-order valence-corrected chi connectivity index (χ4v) is 1.07. The molecule has 0 amide bonds. The molecule has 1 aromatic heterocycles. The minimum atomic E-state index is -0.211. The van der Waals surface area contributed by atoms with Gasteiger partial charge in [-0.25, -0.2) is 4.39 Å². The number of hydrogen-bond acceptors (Lipinski definition) is 1. The highest BCUT2D eigenvalue weighted by Gasteiger charge is 2.10. The maximum atomic E-state index is 12.8. The summed E-state index contributed by atoms with van der Waals surface area (Å²) in [6, 6.07) is 0. The Morgan fingerprint density at radius 3 is 2.40 bits per heavy atom. The van der Waals surface area contributed by atoms with E-state index >= 15 is 0 Å². The highest BCUT2D eigenvalue weighted by molar-refractivity contribution is 5.07. The number of hydrogen-bond donors (Lipinski definition) is 0. The normalized spacial score (nSPS) is 10.9. The lowest BCUT2D eigenvalue weighted by molar-refractivity contribution is 0.576. The molecule has 56 valence electrons. The first-order valence-corrected chi connectivity index (χ1v) is 3.30. The van der Waals surface area contributed by atoms with Gasteiger partial charge in [0.05, 0.1) is 11.9 Å². The van der Waals surface area contributed by atoms with Gasteiger partial charge in [0.15, 0.2) is 5.82 Å². The monoisotopic (exact) mass is 142 g/mol. The molecule has 0 bridgehead atoms. The van der Waals surface area contributed by atoms with Crippen molar-refractivity contribution in [2.45, 2.75) is 19.8 Å². The molecule has 0 saturated heterocycles. The zero-order valence-electron chi connectivity index (χ0n) is 6.43. The van der Waals surface area contributed by atoms with Crippen LogP contribution in [0.15, 0.2) is 6.20 Å². The summed E-state index contributed by atoms with van der Waals surface area (Å²) in [5, 5.41) is 3.78. The second kappa shape index (κ2) is 2.40. The van der Waals surface area contributed by atoms with Crippen LogP contribution in [0.3, 0.4) is 0 Å². The summed E-state index contributed by atoms with van der Waals surface area (Å²) >= 11 is 0. The second-order valence-corrected chi connectivity index (χ2v) is 2.66. The lowest BCUT2D eigenvalue weighted by atomic mass is 10.1. The fourth-order valence-electron chi connectivity index (χ4n) is 1.07. The summed E-state index contributed by atoms with van der Waals surface area (Å²) in [6.45, 7) is 3.89. The molecular weight excluding hydrogens is 131 g/mol. The number of aryl methyl sites for hydroxylation is 1. The highest BCUT2D eigenvalue weighted by atomic mass is 19.1. The van der Waals surface area contributed by atoms with Crippen LogP contribution >= 0.6 is 0 Å². The summed E-state index contributed by atoms with van der Waals surface area (Å²) in [6.07, 6.45) is 1.25. The van der Waals surface area contributed by atoms with Crippen LogP contribution in [-0.4, -0.2) is 9.78 Å². The first-order chi connectivity index (χ1) is 4.63. The van der Waals surface area contributed by atoms with Crippen LogP contribution in [0.2, 0.25) is 0 Å². The van der Waals surface area contributed by atoms with Crippen molar-refractivity contribution in [1.29, 1.82) is 0 Å². The van der Waals surface area contributed by atoms with Crippen LogP contribution in [-0.2, 0) is 7.05 Å². The zero-order valence-corrected chi connectivity index (χ0v) is 6.43. The van der Waals surface area contributed by atoms with Gasteiger partial charge in [-0.15, -0.1) is 0 Å². The molecule has 3 heteroatoms. The van der Waals surface area contributed by atoms with Crippen LogP contribution < -0.4 is 0 Å². The smallest absolute Gasteiger partial charge is 0.164 e. The Morgan fingerprint density at radius 2 is 2.20 bits per heavy atom. The van der Waals surface area contributed by atoms with Crippen molar-refractivity contribution in [3.05, 3.63) is 17.7 Å². The van der Waals surface area contributed by atoms with Gasteiger partial charge in [0.2, 0.25) is 0 Å². The first kappa shape index (κ1) is 7.25. The van der Waals surface area contributed by atoms with Gasteiger partial charge in [0.1, 0.15) is 0 Å². The molecular formula is C7H11FN2. The van der Waals surface area contributed by atoms with Crippen LogP contribution in [0.1, 0.15) is 25.5 Å². The van der Waals surface area contributed by atoms with E-state index in [-0.39, 0.29) is 11.7 Å². The Labute approximate surface area is 59.7 Å². The number of aromatic nitrogens is 2. The quantitative estimate of drug-likeness (QED) is 0.583. The molecule has 1 rings (SSSR count). The summed E-state index contributed by atoms with van der Waals surface area (Å²) < 4.78 is 14.3. The predicted octanol–water partition coefficient (Wildman–Crippen LogP) is 1.68. The van der Waals surface area contributed by atoms with E-state index in [1.807, 2.05) is 13.8 Å². The van der Waals surface area contributed by atoms with Gasteiger partial charge >= 0.3 is 0 Å². The van der Waals surface area contributed by atoms with E-state index in [0.29, 0.717) is 5.69 Å². The number of rotatable bonds is 1. The largest absolute Gasteiger partial charge is 0.269 e. The van der Waals surface area contributed by atoms with E-state index in [4.69, 9.17) is 0 Å². The van der Waals surface area contributed by atoms with Crippen molar-refractivity contribution >= 4 is 0 Å². The molecule has 0 aromatic carbocycles. The molecule has 0 aliphatic rings. The van der Waals surface area contributed by atoms with Gasteiger partial charge in [-0.1, -0.05) is 13.8 Å². The third-order valence-corrected chi connectivity index (χ3v) is 1.48. The minimum absolute atomic E-state index is 0.201. The Kier molecular flexibility index (Phi) is 1.74. The zero-order chi connectivity index (χ0) is 7.72. The Morgan fingerprint density at radius 1 is 1.60 bits per heavy atom. The lowest BCUT2D eigenvalue weighted by Gasteiger charge is -2.03. The summed E-state index contributed by atoms with van der Waals surface area (Å²) in [7, 11) is 1.75. The lowest BCUT2D eigenvalue weighted by Crippen LogP contribution is -2.01. The minimum Gasteiger partial charge on any atom is -0.269 e. The molecule has 0 aliphatic carbocycles. The second-order valence-electron chi connectivity index (χ2n) is 2.66. The predicted molar refractivity (Wildman–Crippen MR) is 37.3 cm³/mol. The molecule has 0 aliphatic heterocycles. The number of halogens is 1. The summed E-state index contributed by atoms with van der Waals surface area (Å²) in [5.74, 6) is -0.00926. The maximum Gasteiger partial charge on any atom is 0.164 e. The van der Waals surface area contributed by atoms with E-state index in [0.717, 1.165) is 0 Å². The van der Waals surface area contributed by atoms with Gasteiger partial charge in [-0.05, 0) is 5.92 Å². The molecule has 1 aromatic rings. The van der Waals surface area contributed by atoms with E-state index in [9.17, 15) is 4.39 Å². The van der Waals surface area contributed by atoms with Gasteiger partial charge in [-0.2, -0.15) is 5.10 Å². The van der Waals surface area contributed by atoms with Crippen molar-refractivity contribution in [3.8, 4) is 0 Å². The van der Waals surface area contributed by atoms with Crippen molar-refractivity contribution in [2.75, 3.05) is 0 Å². The van der Waals surface area contributed by atoms with Crippen LogP contribution in [0.5, 0.6) is 0 Å². The summed E-state index contributed by atoms with van der Waals surface area (Å²) in [5.41, 5.74) is 0.667. The molecule has 2 nitrogen and oxygen atoms in total. The molecule has 0 spiro atoms. The molecule has 1 heterocycles. The standard InChI is InChI=1S/C7H11FN2/c1-5(2)7-6(8)4-9-10(7)3/h4-5H,1-3H3. The average Bonchev–Trinajstić information content (AvgIpc) is 2.11. The molecule has 0 fully saturated rings. The molecule has 0 unspecified atom stereocenters. The van der Waals surface area contributed by atoms with Crippen LogP contribution in [0, 0.1) is 5.82 Å². The van der Waals surface area contributed by atoms with Gasteiger partial charge in [-0.3, -0.25) is 4.68 Å². The Hall–Kier alpha value is -0.860. The SMILES string of the molecule is CC(C)c1c(F)cnn1C. The highest BCUT2D eigenvalue weighted by Crippen LogP contribution is 2.15. The van der Waals surface area contributed by atoms with Gasteiger partial charge < -0.3 is 0 Å². The fraction of sp³-hybridized carbons (Fsp3) is 0.571. The average molecular weight is 142 g/mol. The van der Waals surface area contributed by atoms with E-state index in [2.05, 4.69) is 5.10 Å². The Bertz CT molecular complexity index is 208. The van der Waals surface area contributed by atoms with Crippen molar-refractivity contribution in [1.82, 2.24) is 9.78 Å². The van der Waals surface area contributed by atoms with Crippen molar-refractivity contribution in [3.63, 3.8) is 0 Å². The summed E-state index contributed by atoms with van der Waals surface area (Å²) in [4.78, 5) is 0. The molecule has 10 heavy (non-hydrogen) atoms. The van der Waals surface area contributed by atoms with E-state index in [1.54, 1.807) is 11.7 Å². The third-order valence-electron chi connectivity index (χ3n) is 1.48. The van der Waals surface area contributed by atoms with E-state index < -0.39 is 0 Å². The third kappa shape index (κ3) is 1.03. The number of nitrogens with zero attached hydrogens (tertiary/aromatic N) is 2. The van der Waals surface area contributed by atoms with Gasteiger partial charge in [0.25, 0.3) is 0 Å². The molecule has 0 atom stereocenters. The topological polar surface area (TPSA) is 17.8 Å². The maximum absolute atomic E-state index is 12.8. The van der Waals surface area contributed by atoms with E-state index in [1.165, 1.54) is 6.20 Å². The molecule has 0 radical (unpaired) electrons. The van der Waals surface area contributed by atoms with Crippen LogP contribution in [0.4, 0.5) is 4.39 Å². The van der Waals surface area contributed by atoms with Crippen molar-refractivity contribution in [2.24, 2.45) is 7.05 Å². The Balaban J connectivity index is 3.10. The molecule has 0 saturated carbocycles. The first-order valence-electron chi connectivity index (χ1n) is 3.30. The van der Waals surface area contributed by atoms with Gasteiger partial charge in [0, 0.05) is 7.05 Å². The molecule has 0 N–H and O–H groups in total. The van der Waals surface area contributed by atoms with Crippen molar-refractivity contribution < 1.29 is 4.39 Å². The van der Waals surface area contributed by atoms with Crippen LogP contribution in [0.25, 0.3) is 0 Å².